The number of hydrogen-bond donors (Lipinski definition) is 2. The SMILES string of the molecule is CNC1C(=O)Nc2cc(N(C)Cc3cnn(C)c3)ccc21. The lowest BCUT2D eigenvalue weighted by molar-refractivity contribution is -0.117. The van der Waals surface area contributed by atoms with Gasteiger partial charge in [-0.15, -0.1) is 0 Å². The fourth-order valence-corrected chi connectivity index (χ4v) is 2.69. The van der Waals surface area contributed by atoms with Crippen LogP contribution in [0.1, 0.15) is 17.2 Å². The van der Waals surface area contributed by atoms with Gasteiger partial charge in [0.2, 0.25) is 5.91 Å². The number of aromatic nitrogens is 2. The molecule has 1 amide bonds. The standard InChI is InChI=1S/C15H19N5O/c1-16-14-12-5-4-11(6-13(12)18-15(14)21)19(2)8-10-7-17-20(3)9-10/h4-7,9,14,16H,8H2,1-3H3,(H,18,21). The molecule has 1 aromatic heterocycles. The fraction of sp³-hybridized carbons (Fsp3) is 0.333. The number of carbonyl (C=O) groups is 1. The molecular weight excluding hydrogens is 266 g/mol. The number of anilines is 2. The third kappa shape index (κ3) is 2.50. The molecule has 0 fully saturated rings. The maximum absolute atomic E-state index is 11.8. The van der Waals surface area contributed by atoms with E-state index in [9.17, 15) is 4.79 Å². The van der Waals surface area contributed by atoms with Gasteiger partial charge in [0.1, 0.15) is 6.04 Å². The van der Waals surface area contributed by atoms with Gasteiger partial charge in [-0.05, 0) is 19.2 Å². The van der Waals surface area contributed by atoms with Gasteiger partial charge in [0, 0.05) is 49.3 Å². The van der Waals surface area contributed by atoms with Crippen LogP contribution in [0, 0.1) is 0 Å². The molecule has 6 nitrogen and oxygen atoms in total. The molecule has 0 saturated heterocycles. The topological polar surface area (TPSA) is 62.2 Å². The average Bonchev–Trinajstić information content (AvgIpc) is 3.00. The minimum absolute atomic E-state index is 0.000405. The summed E-state index contributed by atoms with van der Waals surface area (Å²) in [4.78, 5) is 14.0. The first-order chi connectivity index (χ1) is 10.1. The third-order valence-electron chi connectivity index (χ3n) is 3.78. The van der Waals surface area contributed by atoms with Gasteiger partial charge in [-0.25, -0.2) is 0 Å². The molecule has 6 heteroatoms. The Hall–Kier alpha value is -2.34. The van der Waals surface area contributed by atoms with E-state index < -0.39 is 0 Å². The summed E-state index contributed by atoms with van der Waals surface area (Å²) < 4.78 is 1.80. The summed E-state index contributed by atoms with van der Waals surface area (Å²) in [5.74, 6) is -0.000405. The van der Waals surface area contributed by atoms with Crippen molar-refractivity contribution in [3.63, 3.8) is 0 Å². The summed E-state index contributed by atoms with van der Waals surface area (Å²) in [7, 11) is 5.73. The van der Waals surface area contributed by atoms with Crippen LogP contribution in [0.2, 0.25) is 0 Å². The molecule has 0 spiro atoms. The highest BCUT2D eigenvalue weighted by Crippen LogP contribution is 2.33. The molecule has 3 rings (SSSR count). The van der Waals surface area contributed by atoms with E-state index in [0.29, 0.717) is 0 Å². The van der Waals surface area contributed by atoms with Gasteiger partial charge in [-0.3, -0.25) is 9.48 Å². The number of benzene rings is 1. The predicted octanol–water partition coefficient (Wildman–Crippen LogP) is 1.27. The van der Waals surface area contributed by atoms with E-state index in [0.717, 1.165) is 29.0 Å². The number of likely N-dealkylation sites (N-methyl/N-ethyl adjacent to an activating group) is 1. The Morgan fingerprint density at radius 2 is 2.29 bits per heavy atom. The fourth-order valence-electron chi connectivity index (χ4n) is 2.69. The summed E-state index contributed by atoms with van der Waals surface area (Å²) in [5, 5.41) is 10.1. The Labute approximate surface area is 123 Å². The van der Waals surface area contributed by atoms with Gasteiger partial charge < -0.3 is 15.5 Å². The number of nitrogens with one attached hydrogen (secondary N) is 2. The lowest BCUT2D eigenvalue weighted by atomic mass is 10.1. The van der Waals surface area contributed by atoms with Crippen LogP contribution in [-0.2, 0) is 18.4 Å². The summed E-state index contributed by atoms with van der Waals surface area (Å²) in [6.45, 7) is 0.774. The highest BCUT2D eigenvalue weighted by Gasteiger charge is 2.29. The summed E-state index contributed by atoms with van der Waals surface area (Å²) >= 11 is 0. The summed E-state index contributed by atoms with van der Waals surface area (Å²) in [5.41, 5.74) is 4.10. The van der Waals surface area contributed by atoms with E-state index >= 15 is 0 Å². The van der Waals surface area contributed by atoms with Crippen molar-refractivity contribution >= 4 is 17.3 Å². The van der Waals surface area contributed by atoms with Crippen molar-refractivity contribution in [3.8, 4) is 0 Å². The highest BCUT2D eigenvalue weighted by atomic mass is 16.2. The second-order valence-corrected chi connectivity index (χ2v) is 5.36. The molecule has 0 aliphatic carbocycles. The minimum Gasteiger partial charge on any atom is -0.370 e. The quantitative estimate of drug-likeness (QED) is 0.888. The van der Waals surface area contributed by atoms with E-state index in [1.807, 2.05) is 44.7 Å². The molecule has 0 radical (unpaired) electrons. The summed E-state index contributed by atoms with van der Waals surface area (Å²) in [6.07, 6.45) is 3.87. The highest BCUT2D eigenvalue weighted by molar-refractivity contribution is 6.03. The van der Waals surface area contributed by atoms with Gasteiger partial charge in [0.05, 0.1) is 6.20 Å². The molecular formula is C15H19N5O. The van der Waals surface area contributed by atoms with E-state index in [1.54, 1.807) is 11.7 Å². The maximum atomic E-state index is 11.8. The van der Waals surface area contributed by atoms with Crippen LogP contribution in [0.4, 0.5) is 11.4 Å². The lowest BCUT2D eigenvalue weighted by Gasteiger charge is -2.19. The van der Waals surface area contributed by atoms with Crippen LogP contribution in [0.5, 0.6) is 0 Å². The first kappa shape index (κ1) is 13.6. The molecule has 0 saturated carbocycles. The van der Waals surface area contributed by atoms with Crippen molar-refractivity contribution in [2.45, 2.75) is 12.6 Å². The van der Waals surface area contributed by atoms with Crippen molar-refractivity contribution in [1.82, 2.24) is 15.1 Å². The largest absolute Gasteiger partial charge is 0.370 e. The Bertz CT molecular complexity index is 678. The zero-order chi connectivity index (χ0) is 15.0. The first-order valence-electron chi connectivity index (χ1n) is 6.89. The van der Waals surface area contributed by atoms with E-state index in [4.69, 9.17) is 0 Å². The van der Waals surface area contributed by atoms with Crippen molar-refractivity contribution in [3.05, 3.63) is 41.7 Å². The smallest absolute Gasteiger partial charge is 0.246 e. The van der Waals surface area contributed by atoms with Gasteiger partial charge in [-0.1, -0.05) is 6.07 Å². The van der Waals surface area contributed by atoms with Crippen LogP contribution < -0.4 is 15.5 Å². The molecule has 1 aliphatic heterocycles. The molecule has 2 aromatic rings. The number of aryl methyl sites for hydroxylation is 1. The Kier molecular flexibility index (Phi) is 3.39. The number of hydrogen-bond acceptors (Lipinski definition) is 4. The van der Waals surface area contributed by atoms with Crippen LogP contribution in [0.25, 0.3) is 0 Å². The average molecular weight is 285 g/mol. The molecule has 1 unspecified atom stereocenters. The summed E-state index contributed by atoms with van der Waals surface area (Å²) in [6, 6.07) is 5.81. The minimum atomic E-state index is -0.252. The van der Waals surface area contributed by atoms with Gasteiger partial charge >= 0.3 is 0 Å². The van der Waals surface area contributed by atoms with Crippen molar-refractivity contribution in [2.24, 2.45) is 7.05 Å². The van der Waals surface area contributed by atoms with Crippen molar-refractivity contribution in [2.75, 3.05) is 24.3 Å². The van der Waals surface area contributed by atoms with Gasteiger partial charge in [0.15, 0.2) is 0 Å². The van der Waals surface area contributed by atoms with E-state index in [1.165, 1.54) is 0 Å². The predicted molar refractivity (Wildman–Crippen MR) is 82.2 cm³/mol. The Balaban J connectivity index is 1.81. The van der Waals surface area contributed by atoms with Crippen molar-refractivity contribution in [1.29, 1.82) is 0 Å². The molecule has 2 N–H and O–H groups in total. The first-order valence-corrected chi connectivity index (χ1v) is 6.89. The Morgan fingerprint density at radius 3 is 2.95 bits per heavy atom. The number of rotatable bonds is 4. The third-order valence-corrected chi connectivity index (χ3v) is 3.78. The molecule has 2 heterocycles. The molecule has 0 bridgehead atoms. The molecule has 21 heavy (non-hydrogen) atoms. The second kappa shape index (κ2) is 5.21. The molecule has 110 valence electrons. The van der Waals surface area contributed by atoms with Crippen LogP contribution >= 0.6 is 0 Å². The van der Waals surface area contributed by atoms with Crippen molar-refractivity contribution < 1.29 is 4.79 Å². The Morgan fingerprint density at radius 1 is 1.48 bits per heavy atom. The molecule has 1 aliphatic rings. The van der Waals surface area contributed by atoms with E-state index in [2.05, 4.69) is 20.6 Å². The van der Waals surface area contributed by atoms with Crippen LogP contribution in [0.3, 0.4) is 0 Å². The van der Waals surface area contributed by atoms with E-state index in [-0.39, 0.29) is 11.9 Å². The normalized spacial score (nSPS) is 16.7. The number of nitrogens with zero attached hydrogens (tertiary/aromatic N) is 3. The van der Waals surface area contributed by atoms with Gasteiger partial charge in [-0.2, -0.15) is 5.10 Å². The molecule has 1 aromatic carbocycles. The zero-order valence-electron chi connectivity index (χ0n) is 12.4. The molecule has 1 atom stereocenters. The van der Waals surface area contributed by atoms with Crippen LogP contribution in [-0.4, -0.2) is 29.8 Å². The number of amides is 1. The number of carbonyl (C=O) groups excluding carboxylic acids is 1. The lowest BCUT2D eigenvalue weighted by Crippen LogP contribution is -2.23. The monoisotopic (exact) mass is 285 g/mol. The van der Waals surface area contributed by atoms with Crippen LogP contribution in [0.15, 0.2) is 30.6 Å². The van der Waals surface area contributed by atoms with Gasteiger partial charge in [0.25, 0.3) is 0 Å². The second-order valence-electron chi connectivity index (χ2n) is 5.36. The maximum Gasteiger partial charge on any atom is 0.246 e. The number of fused-ring (bicyclic) bond motifs is 1. The zero-order valence-corrected chi connectivity index (χ0v) is 12.4.